The molecule has 1 aromatic rings. The number of hydrogen-bond acceptors (Lipinski definition) is 3. The Morgan fingerprint density at radius 2 is 2.23 bits per heavy atom. The van der Waals surface area contributed by atoms with E-state index in [0.29, 0.717) is 0 Å². The van der Waals surface area contributed by atoms with Crippen molar-refractivity contribution in [2.75, 3.05) is 0 Å². The third-order valence-electron chi connectivity index (χ3n) is 1.38. The number of nitrogens with zero attached hydrogens (tertiary/aromatic N) is 2. The van der Waals surface area contributed by atoms with E-state index in [1.54, 1.807) is 0 Å². The summed E-state index contributed by atoms with van der Waals surface area (Å²) in [5.41, 5.74) is -1.26. The van der Waals surface area contributed by atoms with E-state index in [4.69, 9.17) is 22.0 Å². The number of alkyl halides is 2. The molecule has 1 aromatic heterocycles. The number of halogens is 3. The van der Waals surface area contributed by atoms with Gasteiger partial charge in [-0.2, -0.15) is 5.26 Å². The lowest BCUT2D eigenvalue weighted by atomic mass is 10.1. The van der Waals surface area contributed by atoms with Crippen molar-refractivity contribution >= 4 is 11.6 Å². The topological polar surface area (TPSA) is 56.9 Å². The lowest BCUT2D eigenvalue weighted by Crippen LogP contribution is -1.94. The van der Waals surface area contributed by atoms with Crippen LogP contribution in [0, 0.1) is 11.3 Å². The van der Waals surface area contributed by atoms with E-state index in [1.807, 2.05) is 0 Å². The van der Waals surface area contributed by atoms with Gasteiger partial charge in [0.25, 0.3) is 6.43 Å². The molecule has 13 heavy (non-hydrogen) atoms. The van der Waals surface area contributed by atoms with Crippen LogP contribution in [0.15, 0.2) is 6.20 Å². The predicted octanol–water partition coefficient (Wildman–Crippen LogP) is 2.25. The average molecular weight is 205 g/mol. The first-order chi connectivity index (χ1) is 6.07. The molecule has 0 aliphatic heterocycles. The highest BCUT2D eigenvalue weighted by atomic mass is 35.5. The Kier molecular flexibility index (Phi) is 2.63. The van der Waals surface area contributed by atoms with Gasteiger partial charge in [0.2, 0.25) is 0 Å². The van der Waals surface area contributed by atoms with Crippen molar-refractivity contribution in [3.63, 3.8) is 0 Å². The maximum atomic E-state index is 12.3. The fraction of sp³-hybridized carbons (Fsp3) is 0.143. The molecule has 1 rings (SSSR count). The first-order valence-corrected chi connectivity index (χ1v) is 3.51. The number of pyridine rings is 1. The average Bonchev–Trinajstić information content (AvgIpc) is 2.07. The summed E-state index contributed by atoms with van der Waals surface area (Å²) in [5, 5.41) is 17.0. The summed E-state index contributed by atoms with van der Waals surface area (Å²) >= 11 is 5.32. The van der Waals surface area contributed by atoms with Gasteiger partial charge in [-0.25, -0.2) is 13.8 Å². The fourth-order valence-corrected chi connectivity index (χ4v) is 1.04. The Labute approximate surface area is 77.2 Å². The van der Waals surface area contributed by atoms with Crippen molar-refractivity contribution in [1.29, 1.82) is 5.26 Å². The van der Waals surface area contributed by atoms with Crippen LogP contribution < -0.4 is 0 Å². The second kappa shape index (κ2) is 3.54. The van der Waals surface area contributed by atoms with Crippen molar-refractivity contribution in [2.24, 2.45) is 0 Å². The number of nitriles is 1. The van der Waals surface area contributed by atoms with Crippen LogP contribution in [0.3, 0.4) is 0 Å². The molecule has 0 unspecified atom stereocenters. The van der Waals surface area contributed by atoms with Crippen LogP contribution in [0.25, 0.3) is 0 Å². The highest BCUT2D eigenvalue weighted by Crippen LogP contribution is 2.32. The first kappa shape index (κ1) is 9.68. The number of aromatic nitrogens is 1. The molecule has 0 radical (unpaired) electrons. The molecule has 3 nitrogen and oxygen atoms in total. The molecule has 0 bridgehead atoms. The second-order valence-electron chi connectivity index (χ2n) is 2.14. The van der Waals surface area contributed by atoms with Gasteiger partial charge < -0.3 is 5.11 Å². The molecular formula is C7H3ClF2N2O. The first-order valence-electron chi connectivity index (χ1n) is 3.13. The predicted molar refractivity (Wildman–Crippen MR) is 40.6 cm³/mol. The SMILES string of the molecule is N#Cc1c(O)cnc(Cl)c1C(F)F. The second-order valence-corrected chi connectivity index (χ2v) is 2.49. The molecule has 0 saturated heterocycles. The van der Waals surface area contributed by atoms with E-state index in [1.165, 1.54) is 6.07 Å². The molecule has 0 aliphatic carbocycles. The van der Waals surface area contributed by atoms with Crippen molar-refractivity contribution in [3.05, 3.63) is 22.5 Å². The Morgan fingerprint density at radius 3 is 2.62 bits per heavy atom. The summed E-state index contributed by atoms with van der Waals surface area (Å²) in [6, 6.07) is 1.43. The minimum atomic E-state index is -2.93. The zero-order chi connectivity index (χ0) is 10.0. The van der Waals surface area contributed by atoms with E-state index in [9.17, 15) is 8.78 Å². The van der Waals surface area contributed by atoms with Crippen LogP contribution >= 0.6 is 11.6 Å². The van der Waals surface area contributed by atoms with Crippen LogP contribution in [0.4, 0.5) is 8.78 Å². The van der Waals surface area contributed by atoms with Crippen LogP contribution in [0.5, 0.6) is 5.75 Å². The Morgan fingerprint density at radius 1 is 1.62 bits per heavy atom. The smallest absolute Gasteiger partial charge is 0.268 e. The van der Waals surface area contributed by atoms with Gasteiger partial charge in [0.05, 0.1) is 11.8 Å². The van der Waals surface area contributed by atoms with E-state index in [2.05, 4.69) is 4.98 Å². The van der Waals surface area contributed by atoms with E-state index >= 15 is 0 Å². The molecule has 0 saturated carbocycles. The maximum absolute atomic E-state index is 12.3. The van der Waals surface area contributed by atoms with Crippen LogP contribution in [-0.4, -0.2) is 10.1 Å². The van der Waals surface area contributed by atoms with E-state index in [-0.39, 0.29) is 0 Å². The van der Waals surface area contributed by atoms with Crippen LogP contribution in [0.2, 0.25) is 5.15 Å². The van der Waals surface area contributed by atoms with E-state index in [0.717, 1.165) is 6.20 Å². The van der Waals surface area contributed by atoms with Gasteiger partial charge in [0.1, 0.15) is 16.8 Å². The molecule has 0 amide bonds. The third kappa shape index (κ3) is 1.68. The summed E-state index contributed by atoms with van der Waals surface area (Å²) < 4.78 is 24.5. The Bertz CT molecular complexity index is 375. The van der Waals surface area contributed by atoms with Gasteiger partial charge in [-0.05, 0) is 0 Å². The van der Waals surface area contributed by atoms with Gasteiger partial charge in [-0.1, -0.05) is 11.6 Å². The maximum Gasteiger partial charge on any atom is 0.268 e. The molecule has 0 aliphatic rings. The molecule has 6 heteroatoms. The lowest BCUT2D eigenvalue weighted by molar-refractivity contribution is 0.150. The molecular weight excluding hydrogens is 202 g/mol. The van der Waals surface area contributed by atoms with Gasteiger partial charge in [0, 0.05) is 0 Å². The normalized spacial score (nSPS) is 10.1. The molecule has 0 fully saturated rings. The zero-order valence-electron chi connectivity index (χ0n) is 6.13. The molecule has 1 heterocycles. The quantitative estimate of drug-likeness (QED) is 0.714. The van der Waals surface area contributed by atoms with Crippen molar-refractivity contribution in [2.45, 2.75) is 6.43 Å². The summed E-state index contributed by atoms with van der Waals surface area (Å²) in [7, 11) is 0. The number of rotatable bonds is 1. The fourth-order valence-electron chi connectivity index (χ4n) is 0.810. The third-order valence-corrected chi connectivity index (χ3v) is 1.68. The highest BCUT2D eigenvalue weighted by molar-refractivity contribution is 6.30. The van der Waals surface area contributed by atoms with Crippen molar-refractivity contribution in [1.82, 2.24) is 4.98 Å². The lowest BCUT2D eigenvalue weighted by Gasteiger charge is -2.05. The van der Waals surface area contributed by atoms with Gasteiger partial charge in [-0.15, -0.1) is 0 Å². The highest BCUT2D eigenvalue weighted by Gasteiger charge is 2.21. The number of hydrogen-bond donors (Lipinski definition) is 1. The largest absolute Gasteiger partial charge is 0.505 e. The van der Waals surface area contributed by atoms with Crippen molar-refractivity contribution < 1.29 is 13.9 Å². The minimum Gasteiger partial charge on any atom is -0.505 e. The zero-order valence-corrected chi connectivity index (χ0v) is 6.89. The van der Waals surface area contributed by atoms with Crippen LogP contribution in [0.1, 0.15) is 17.6 Å². The molecule has 0 atom stereocenters. The summed E-state index contributed by atoms with van der Waals surface area (Å²) in [5.74, 6) is -0.595. The van der Waals surface area contributed by atoms with E-state index < -0.39 is 28.5 Å². The van der Waals surface area contributed by atoms with Gasteiger partial charge >= 0.3 is 0 Å². The van der Waals surface area contributed by atoms with Crippen molar-refractivity contribution in [3.8, 4) is 11.8 Å². The Hall–Kier alpha value is -1.41. The summed E-state index contributed by atoms with van der Waals surface area (Å²) in [4.78, 5) is 3.29. The standard InChI is InChI=1S/C7H3ClF2N2O/c8-6-5(7(9)10)3(1-11)4(13)2-12-6/h2,7,13H. The molecule has 68 valence electrons. The van der Waals surface area contributed by atoms with Gasteiger partial charge in [0.15, 0.2) is 5.75 Å². The summed E-state index contributed by atoms with van der Waals surface area (Å²) in [6.45, 7) is 0. The molecule has 1 N–H and O–H groups in total. The minimum absolute atomic E-state index is 0.468. The summed E-state index contributed by atoms with van der Waals surface area (Å²) in [6.07, 6.45) is -2.08. The number of aromatic hydroxyl groups is 1. The van der Waals surface area contributed by atoms with Gasteiger partial charge in [-0.3, -0.25) is 0 Å². The monoisotopic (exact) mass is 204 g/mol. The molecule has 0 aromatic carbocycles. The Balaban J connectivity index is 3.46. The van der Waals surface area contributed by atoms with Crippen LogP contribution in [-0.2, 0) is 0 Å². The molecule has 0 spiro atoms.